The molecule has 1 aliphatic carbocycles. The first-order valence-electron chi connectivity index (χ1n) is 6.57. The van der Waals surface area contributed by atoms with Gasteiger partial charge >= 0.3 is 0 Å². The number of aromatic hydroxyl groups is 1. The predicted octanol–water partition coefficient (Wildman–Crippen LogP) is 3.11. The molecule has 1 fully saturated rings. The SMILES string of the molecule is O=C(NCc1ccc(O)cc1)c1cc(Cl)cn1C1CC1. The largest absolute Gasteiger partial charge is 0.508 e. The number of carbonyl (C=O) groups excluding carboxylic acids is 1. The van der Waals surface area contributed by atoms with Crippen LogP contribution < -0.4 is 5.32 Å². The van der Waals surface area contributed by atoms with Crippen molar-refractivity contribution in [1.29, 1.82) is 0 Å². The van der Waals surface area contributed by atoms with Crippen LogP contribution in [0.15, 0.2) is 36.5 Å². The van der Waals surface area contributed by atoms with Crippen LogP contribution in [0.1, 0.15) is 34.9 Å². The molecule has 2 N–H and O–H groups in total. The van der Waals surface area contributed by atoms with Crippen LogP contribution in [0.4, 0.5) is 0 Å². The zero-order valence-corrected chi connectivity index (χ0v) is 11.6. The molecule has 0 radical (unpaired) electrons. The average molecular weight is 291 g/mol. The normalized spacial score (nSPS) is 14.2. The van der Waals surface area contributed by atoms with Crippen molar-refractivity contribution in [3.05, 3.63) is 52.8 Å². The van der Waals surface area contributed by atoms with Gasteiger partial charge in [0.15, 0.2) is 0 Å². The van der Waals surface area contributed by atoms with Gasteiger partial charge in [-0.1, -0.05) is 23.7 Å². The summed E-state index contributed by atoms with van der Waals surface area (Å²) in [5, 5.41) is 12.7. The molecule has 2 aromatic rings. The van der Waals surface area contributed by atoms with E-state index in [0.29, 0.717) is 23.3 Å². The minimum absolute atomic E-state index is 0.128. The summed E-state index contributed by atoms with van der Waals surface area (Å²) < 4.78 is 1.95. The first kappa shape index (κ1) is 13.1. The number of hydrogen-bond acceptors (Lipinski definition) is 2. The van der Waals surface area contributed by atoms with Crippen LogP contribution in [0.3, 0.4) is 0 Å². The summed E-state index contributed by atoms with van der Waals surface area (Å²) in [5.41, 5.74) is 1.54. The fourth-order valence-corrected chi connectivity index (χ4v) is 2.38. The van der Waals surface area contributed by atoms with Gasteiger partial charge in [-0.05, 0) is 36.6 Å². The molecule has 0 saturated heterocycles. The maximum atomic E-state index is 12.2. The van der Waals surface area contributed by atoms with E-state index < -0.39 is 0 Å². The van der Waals surface area contributed by atoms with E-state index in [4.69, 9.17) is 11.6 Å². The molecular weight excluding hydrogens is 276 g/mol. The number of aromatic nitrogens is 1. The Balaban J connectivity index is 1.68. The van der Waals surface area contributed by atoms with Gasteiger partial charge in [-0.3, -0.25) is 4.79 Å². The van der Waals surface area contributed by atoms with Crippen molar-refractivity contribution >= 4 is 17.5 Å². The fraction of sp³-hybridized carbons (Fsp3) is 0.267. The molecule has 3 rings (SSSR count). The van der Waals surface area contributed by atoms with Crippen LogP contribution in [0.2, 0.25) is 5.02 Å². The Morgan fingerprint density at radius 1 is 1.35 bits per heavy atom. The second kappa shape index (κ2) is 5.21. The number of rotatable bonds is 4. The van der Waals surface area contributed by atoms with E-state index in [-0.39, 0.29) is 11.7 Å². The Kier molecular flexibility index (Phi) is 3.40. The summed E-state index contributed by atoms with van der Waals surface area (Å²) in [4.78, 5) is 12.2. The summed E-state index contributed by atoms with van der Waals surface area (Å²) in [5.74, 6) is 0.0892. The number of phenols is 1. The van der Waals surface area contributed by atoms with E-state index in [1.165, 1.54) is 0 Å². The molecule has 0 atom stereocenters. The van der Waals surface area contributed by atoms with Crippen molar-refractivity contribution in [3.63, 3.8) is 0 Å². The number of hydrogen-bond donors (Lipinski definition) is 2. The lowest BCUT2D eigenvalue weighted by Crippen LogP contribution is -2.25. The Hall–Kier alpha value is -1.94. The number of benzene rings is 1. The number of phenolic OH excluding ortho intramolecular Hbond substituents is 1. The van der Waals surface area contributed by atoms with Crippen LogP contribution in [0.25, 0.3) is 0 Å². The molecule has 0 bridgehead atoms. The van der Waals surface area contributed by atoms with Crippen molar-refractivity contribution in [3.8, 4) is 5.75 Å². The predicted molar refractivity (Wildman–Crippen MR) is 77.0 cm³/mol. The van der Waals surface area contributed by atoms with Gasteiger partial charge in [0, 0.05) is 18.8 Å². The lowest BCUT2D eigenvalue weighted by Gasteiger charge is -2.08. The van der Waals surface area contributed by atoms with Gasteiger partial charge in [-0.25, -0.2) is 0 Å². The zero-order chi connectivity index (χ0) is 14.1. The zero-order valence-electron chi connectivity index (χ0n) is 10.8. The monoisotopic (exact) mass is 290 g/mol. The number of amides is 1. The summed E-state index contributed by atoms with van der Waals surface area (Å²) in [6.45, 7) is 0.423. The minimum Gasteiger partial charge on any atom is -0.508 e. The number of nitrogens with one attached hydrogen (secondary N) is 1. The van der Waals surface area contributed by atoms with Gasteiger partial charge in [0.05, 0.1) is 5.02 Å². The van der Waals surface area contributed by atoms with Crippen molar-refractivity contribution in [1.82, 2.24) is 9.88 Å². The molecule has 1 amide bonds. The van der Waals surface area contributed by atoms with E-state index in [1.807, 2.05) is 10.8 Å². The summed E-state index contributed by atoms with van der Waals surface area (Å²) in [7, 11) is 0. The summed E-state index contributed by atoms with van der Waals surface area (Å²) in [6.07, 6.45) is 4.02. The second-order valence-corrected chi connectivity index (χ2v) is 5.47. The van der Waals surface area contributed by atoms with Crippen LogP contribution in [0, 0.1) is 0 Å². The highest BCUT2D eigenvalue weighted by atomic mass is 35.5. The van der Waals surface area contributed by atoms with E-state index in [9.17, 15) is 9.90 Å². The Bertz CT molecular complexity index is 630. The van der Waals surface area contributed by atoms with Gasteiger partial charge in [0.1, 0.15) is 11.4 Å². The molecule has 5 heteroatoms. The molecule has 4 nitrogen and oxygen atoms in total. The topological polar surface area (TPSA) is 54.3 Å². The number of halogens is 1. The molecular formula is C15H15ClN2O2. The molecule has 104 valence electrons. The quantitative estimate of drug-likeness (QED) is 0.909. The third-order valence-electron chi connectivity index (χ3n) is 3.38. The second-order valence-electron chi connectivity index (χ2n) is 5.03. The highest BCUT2D eigenvalue weighted by Gasteiger charge is 2.27. The Morgan fingerprint density at radius 2 is 2.05 bits per heavy atom. The molecule has 0 aliphatic heterocycles. The lowest BCUT2D eigenvalue weighted by atomic mass is 10.2. The van der Waals surface area contributed by atoms with E-state index in [0.717, 1.165) is 18.4 Å². The molecule has 1 aromatic carbocycles. The number of nitrogens with zero attached hydrogens (tertiary/aromatic N) is 1. The van der Waals surface area contributed by atoms with Crippen molar-refractivity contribution in [2.24, 2.45) is 0 Å². The van der Waals surface area contributed by atoms with Crippen LogP contribution >= 0.6 is 11.6 Å². The standard InChI is InChI=1S/C15H15ClN2O2/c16-11-7-14(18(9-11)12-3-4-12)15(20)17-8-10-1-5-13(19)6-2-10/h1-2,5-7,9,12,19H,3-4,8H2,(H,17,20). The highest BCUT2D eigenvalue weighted by molar-refractivity contribution is 6.31. The Labute approximate surface area is 122 Å². The van der Waals surface area contributed by atoms with Gasteiger partial charge in [0.25, 0.3) is 5.91 Å². The highest BCUT2D eigenvalue weighted by Crippen LogP contribution is 2.37. The molecule has 1 heterocycles. The van der Waals surface area contributed by atoms with E-state index >= 15 is 0 Å². The van der Waals surface area contributed by atoms with Gasteiger partial charge < -0.3 is 15.0 Å². The van der Waals surface area contributed by atoms with Crippen molar-refractivity contribution < 1.29 is 9.90 Å². The molecule has 1 aliphatic rings. The Morgan fingerprint density at radius 3 is 2.70 bits per heavy atom. The maximum Gasteiger partial charge on any atom is 0.268 e. The smallest absolute Gasteiger partial charge is 0.268 e. The molecule has 1 aromatic heterocycles. The fourth-order valence-electron chi connectivity index (χ4n) is 2.17. The van der Waals surface area contributed by atoms with Crippen LogP contribution in [-0.2, 0) is 6.54 Å². The van der Waals surface area contributed by atoms with Gasteiger partial charge in [-0.15, -0.1) is 0 Å². The molecule has 1 saturated carbocycles. The van der Waals surface area contributed by atoms with Gasteiger partial charge in [0.2, 0.25) is 0 Å². The lowest BCUT2D eigenvalue weighted by molar-refractivity contribution is 0.0941. The van der Waals surface area contributed by atoms with Crippen LogP contribution in [-0.4, -0.2) is 15.6 Å². The third-order valence-corrected chi connectivity index (χ3v) is 3.58. The van der Waals surface area contributed by atoms with E-state index in [2.05, 4.69) is 5.32 Å². The van der Waals surface area contributed by atoms with Crippen LogP contribution in [0.5, 0.6) is 5.75 Å². The molecule has 0 unspecified atom stereocenters. The first-order valence-corrected chi connectivity index (χ1v) is 6.95. The minimum atomic E-state index is -0.128. The maximum absolute atomic E-state index is 12.2. The summed E-state index contributed by atoms with van der Waals surface area (Å²) >= 11 is 5.99. The van der Waals surface area contributed by atoms with E-state index in [1.54, 1.807) is 30.3 Å². The van der Waals surface area contributed by atoms with Crippen molar-refractivity contribution in [2.75, 3.05) is 0 Å². The molecule has 0 spiro atoms. The summed E-state index contributed by atoms with van der Waals surface area (Å²) in [6, 6.07) is 8.88. The first-order chi connectivity index (χ1) is 9.63. The van der Waals surface area contributed by atoms with Crippen molar-refractivity contribution in [2.45, 2.75) is 25.4 Å². The number of carbonyl (C=O) groups is 1. The third kappa shape index (κ3) is 2.80. The molecule has 20 heavy (non-hydrogen) atoms. The van der Waals surface area contributed by atoms with Gasteiger partial charge in [-0.2, -0.15) is 0 Å². The average Bonchev–Trinajstić information content (AvgIpc) is 3.20.